The summed E-state index contributed by atoms with van der Waals surface area (Å²) < 4.78 is 0. The second kappa shape index (κ2) is 11.6. The van der Waals surface area contributed by atoms with Crippen LogP contribution in [0.3, 0.4) is 0 Å². The van der Waals surface area contributed by atoms with Crippen LogP contribution in [0.4, 0.5) is 0 Å². The Bertz CT molecular complexity index is 401. The molecule has 0 N–H and O–H groups in total. The van der Waals surface area contributed by atoms with Gasteiger partial charge in [0.25, 0.3) is 0 Å². The molecule has 0 heterocycles. The molecular formula is C20H39RhSi2. The Labute approximate surface area is 162 Å². The molecular weight excluding hydrogens is 399 g/mol. The second-order valence-electron chi connectivity index (χ2n) is 8.27. The van der Waals surface area contributed by atoms with Crippen molar-refractivity contribution in [1.29, 1.82) is 0 Å². The minimum atomic E-state index is -0.867. The molecule has 0 saturated carbocycles. The van der Waals surface area contributed by atoms with E-state index < -0.39 is 16.1 Å². The minimum Gasteiger partial charge on any atom is -0.107 e. The van der Waals surface area contributed by atoms with Crippen molar-refractivity contribution in [2.75, 3.05) is 0 Å². The van der Waals surface area contributed by atoms with Crippen molar-refractivity contribution in [1.82, 2.24) is 0 Å². The number of hydrogen-bond acceptors (Lipinski definition) is 0. The SMILES string of the molecule is C=C[Si](C)(C)C.C=C[Si](C)(C)C.C[C]1C(C)=C(C)C(C)=C1C.[Rh]. The van der Waals surface area contributed by atoms with Gasteiger partial charge in [0, 0.05) is 25.4 Å². The zero-order valence-corrected chi connectivity index (χ0v) is 21.0. The number of rotatable bonds is 2. The van der Waals surface area contributed by atoms with Gasteiger partial charge in [0.15, 0.2) is 0 Å². The molecule has 23 heavy (non-hydrogen) atoms. The summed E-state index contributed by atoms with van der Waals surface area (Å²) in [5, 5.41) is 0. The summed E-state index contributed by atoms with van der Waals surface area (Å²) in [5.74, 6) is 1.47. The molecule has 0 aromatic rings. The molecule has 0 fully saturated rings. The van der Waals surface area contributed by atoms with E-state index in [1.54, 1.807) is 0 Å². The first-order valence-electron chi connectivity index (χ1n) is 8.14. The van der Waals surface area contributed by atoms with Crippen molar-refractivity contribution in [2.24, 2.45) is 0 Å². The van der Waals surface area contributed by atoms with Gasteiger partial charge in [-0.1, -0.05) is 57.4 Å². The van der Waals surface area contributed by atoms with Crippen molar-refractivity contribution >= 4 is 16.1 Å². The largest absolute Gasteiger partial charge is 0.107 e. The van der Waals surface area contributed by atoms with Crippen LogP contribution >= 0.6 is 0 Å². The van der Waals surface area contributed by atoms with E-state index in [1.165, 1.54) is 28.2 Å². The van der Waals surface area contributed by atoms with Crippen LogP contribution in [0, 0.1) is 5.92 Å². The van der Waals surface area contributed by atoms with Crippen molar-refractivity contribution < 1.29 is 19.5 Å². The Kier molecular flexibility index (Phi) is 14.0. The van der Waals surface area contributed by atoms with Crippen LogP contribution in [-0.4, -0.2) is 16.1 Å². The summed E-state index contributed by atoms with van der Waals surface area (Å²) in [6, 6.07) is 0. The van der Waals surface area contributed by atoms with Crippen LogP contribution in [0.15, 0.2) is 46.8 Å². The molecule has 0 nitrogen and oxygen atoms in total. The zero-order chi connectivity index (χ0) is 18.3. The average molecular weight is 439 g/mol. The molecule has 1 rings (SSSR count). The van der Waals surface area contributed by atoms with Gasteiger partial charge in [-0.15, -0.1) is 24.6 Å². The third-order valence-corrected chi connectivity index (χ3v) is 6.49. The third-order valence-electron chi connectivity index (χ3n) is 4.04. The first-order valence-corrected chi connectivity index (χ1v) is 15.3. The number of hydrogen-bond donors (Lipinski definition) is 0. The fourth-order valence-electron chi connectivity index (χ4n) is 1.41. The van der Waals surface area contributed by atoms with Gasteiger partial charge in [0.2, 0.25) is 0 Å². The van der Waals surface area contributed by atoms with E-state index in [9.17, 15) is 0 Å². The monoisotopic (exact) mass is 438 g/mol. The van der Waals surface area contributed by atoms with E-state index >= 15 is 0 Å². The van der Waals surface area contributed by atoms with Gasteiger partial charge in [-0.2, -0.15) is 0 Å². The van der Waals surface area contributed by atoms with E-state index in [4.69, 9.17) is 0 Å². The summed E-state index contributed by atoms with van der Waals surface area (Å²) in [5.41, 5.74) is 10.0. The molecule has 0 unspecified atom stereocenters. The molecule has 2 radical (unpaired) electrons. The molecule has 136 valence electrons. The second-order valence-corrected chi connectivity index (χ2v) is 18.5. The Hall–Kier alpha value is 0.0171. The fraction of sp³-hybridized carbons (Fsp3) is 0.550. The zero-order valence-electron chi connectivity index (χ0n) is 17.4. The van der Waals surface area contributed by atoms with Crippen molar-refractivity contribution in [3.63, 3.8) is 0 Å². The minimum absolute atomic E-state index is 0. The standard InChI is InChI=1S/C10H15.2C5H12Si.Rh/c1-6-7(2)9(4)10(5)8(6)3;2*1-5-6(2,3)4;/h1-5H3;2*5H,1H2,2-4H3;. The smallest absolute Gasteiger partial charge is 0.0679 e. The maximum absolute atomic E-state index is 3.69. The number of allylic oxidation sites excluding steroid dienone is 4. The maximum atomic E-state index is 3.69. The Morgan fingerprint density at radius 1 is 0.565 bits per heavy atom. The van der Waals surface area contributed by atoms with Gasteiger partial charge in [-0.05, 0) is 38.8 Å². The predicted octanol–water partition coefficient (Wildman–Crippen LogP) is 7.36. The fourth-order valence-corrected chi connectivity index (χ4v) is 1.41. The van der Waals surface area contributed by atoms with Gasteiger partial charge in [-0.3, -0.25) is 0 Å². The van der Waals surface area contributed by atoms with E-state index in [0.717, 1.165) is 0 Å². The Morgan fingerprint density at radius 3 is 0.783 bits per heavy atom. The van der Waals surface area contributed by atoms with Crippen LogP contribution in [0.5, 0.6) is 0 Å². The normalized spacial score (nSPS) is 15.1. The van der Waals surface area contributed by atoms with Crippen molar-refractivity contribution in [2.45, 2.75) is 73.9 Å². The summed E-state index contributed by atoms with van der Waals surface area (Å²) >= 11 is 0. The van der Waals surface area contributed by atoms with E-state index in [1.807, 2.05) is 0 Å². The first-order chi connectivity index (χ1) is 9.67. The van der Waals surface area contributed by atoms with Crippen LogP contribution in [0.1, 0.15) is 34.6 Å². The van der Waals surface area contributed by atoms with E-state index in [-0.39, 0.29) is 19.5 Å². The maximum Gasteiger partial charge on any atom is 0.0679 e. The molecule has 0 spiro atoms. The van der Waals surface area contributed by atoms with Crippen molar-refractivity contribution in [3.8, 4) is 0 Å². The summed E-state index contributed by atoms with van der Waals surface area (Å²) in [6.45, 7) is 32.0. The topological polar surface area (TPSA) is 0 Å². The van der Waals surface area contributed by atoms with Crippen molar-refractivity contribution in [3.05, 3.63) is 52.8 Å². The van der Waals surface area contributed by atoms with E-state index in [0.29, 0.717) is 0 Å². The molecule has 0 aromatic heterocycles. The van der Waals surface area contributed by atoms with Gasteiger partial charge in [0.05, 0.1) is 16.1 Å². The molecule has 0 bridgehead atoms. The molecule has 0 atom stereocenters. The molecule has 0 aliphatic heterocycles. The first kappa shape index (κ1) is 27.8. The van der Waals surface area contributed by atoms with Crippen LogP contribution in [0.25, 0.3) is 0 Å². The quantitative estimate of drug-likeness (QED) is 0.395. The van der Waals surface area contributed by atoms with Crippen LogP contribution in [-0.2, 0) is 19.5 Å². The van der Waals surface area contributed by atoms with E-state index in [2.05, 4.69) is 98.5 Å². The molecule has 0 amide bonds. The van der Waals surface area contributed by atoms with Gasteiger partial charge in [-0.25, -0.2) is 0 Å². The summed E-state index contributed by atoms with van der Waals surface area (Å²) in [6.07, 6.45) is 0. The Morgan fingerprint density at radius 2 is 0.739 bits per heavy atom. The Balaban J connectivity index is -0.000000271. The van der Waals surface area contributed by atoms with Crippen LogP contribution < -0.4 is 0 Å². The van der Waals surface area contributed by atoms with Crippen LogP contribution in [0.2, 0.25) is 39.3 Å². The third kappa shape index (κ3) is 13.0. The van der Waals surface area contributed by atoms with Gasteiger partial charge < -0.3 is 0 Å². The van der Waals surface area contributed by atoms with Gasteiger partial charge in [0.1, 0.15) is 0 Å². The molecule has 0 aromatic carbocycles. The summed E-state index contributed by atoms with van der Waals surface area (Å²) in [7, 11) is -1.73. The molecule has 3 heteroatoms. The van der Waals surface area contributed by atoms with Gasteiger partial charge >= 0.3 is 0 Å². The predicted molar refractivity (Wildman–Crippen MR) is 113 cm³/mol. The molecule has 1 aliphatic rings. The molecule has 0 saturated heterocycles. The molecule has 1 aliphatic carbocycles. The average Bonchev–Trinajstić information content (AvgIpc) is 2.57. The summed E-state index contributed by atoms with van der Waals surface area (Å²) in [4.78, 5) is 0.